The lowest BCUT2D eigenvalue weighted by Crippen LogP contribution is -2.45. The van der Waals surface area contributed by atoms with E-state index in [1.54, 1.807) is 43.5 Å². The minimum Gasteiger partial charge on any atom is -0.497 e. The molecule has 0 atom stereocenters. The van der Waals surface area contributed by atoms with Crippen LogP contribution in [0.25, 0.3) is 0 Å². The number of amides is 1. The molecular formula is C21H25FN2O3. The molecule has 0 aliphatic carbocycles. The Kier molecular flexibility index (Phi) is 6.08. The molecule has 0 bridgehead atoms. The fourth-order valence-corrected chi connectivity index (χ4v) is 3.41. The van der Waals surface area contributed by atoms with Crippen LogP contribution in [0.1, 0.15) is 28.8 Å². The molecule has 0 aromatic heterocycles. The normalized spacial score (nSPS) is 16.7. The molecular weight excluding hydrogens is 347 g/mol. The quantitative estimate of drug-likeness (QED) is 0.818. The van der Waals surface area contributed by atoms with E-state index in [1.165, 1.54) is 12.1 Å². The fourth-order valence-electron chi connectivity index (χ4n) is 3.41. The molecule has 2 aromatic carbocycles. The zero-order valence-corrected chi connectivity index (χ0v) is 15.5. The molecule has 1 aliphatic rings. The number of aliphatic hydroxyl groups is 1. The van der Waals surface area contributed by atoms with Crippen LogP contribution in [0.15, 0.2) is 48.5 Å². The highest BCUT2D eigenvalue weighted by Gasteiger charge is 2.34. The summed E-state index contributed by atoms with van der Waals surface area (Å²) in [7, 11) is 1.57. The molecule has 1 amide bonds. The van der Waals surface area contributed by atoms with Gasteiger partial charge in [0, 0.05) is 31.7 Å². The first-order chi connectivity index (χ1) is 13.0. The predicted molar refractivity (Wildman–Crippen MR) is 101 cm³/mol. The maximum absolute atomic E-state index is 13.4. The van der Waals surface area contributed by atoms with Crippen molar-refractivity contribution in [2.45, 2.75) is 18.4 Å². The third kappa shape index (κ3) is 4.84. The molecule has 144 valence electrons. The van der Waals surface area contributed by atoms with Gasteiger partial charge in [0.2, 0.25) is 0 Å². The van der Waals surface area contributed by atoms with Crippen LogP contribution in [0, 0.1) is 5.82 Å². The van der Waals surface area contributed by atoms with Crippen molar-refractivity contribution < 1.29 is 19.0 Å². The van der Waals surface area contributed by atoms with Crippen molar-refractivity contribution in [2.24, 2.45) is 0 Å². The van der Waals surface area contributed by atoms with E-state index >= 15 is 0 Å². The van der Waals surface area contributed by atoms with Crippen LogP contribution in [0.4, 0.5) is 4.39 Å². The summed E-state index contributed by atoms with van der Waals surface area (Å²) in [4.78, 5) is 14.4. The van der Waals surface area contributed by atoms with Gasteiger partial charge in [-0.15, -0.1) is 0 Å². The van der Waals surface area contributed by atoms with Gasteiger partial charge >= 0.3 is 0 Å². The first-order valence-electron chi connectivity index (χ1n) is 9.13. The summed E-state index contributed by atoms with van der Waals surface area (Å²) in [5.41, 5.74) is 0.213. The van der Waals surface area contributed by atoms with Crippen molar-refractivity contribution in [3.8, 4) is 5.75 Å². The van der Waals surface area contributed by atoms with E-state index < -0.39 is 5.60 Å². The van der Waals surface area contributed by atoms with E-state index in [2.05, 4.69) is 10.2 Å². The average molecular weight is 372 g/mol. The van der Waals surface area contributed by atoms with Crippen LogP contribution in [-0.2, 0) is 5.60 Å². The highest BCUT2D eigenvalue weighted by atomic mass is 19.1. The number of hydrogen-bond acceptors (Lipinski definition) is 4. The number of hydrogen-bond donors (Lipinski definition) is 2. The van der Waals surface area contributed by atoms with Crippen LogP contribution in [-0.4, -0.2) is 49.2 Å². The number of methoxy groups -OCH3 is 1. The largest absolute Gasteiger partial charge is 0.497 e. The van der Waals surface area contributed by atoms with Crippen molar-refractivity contribution in [3.05, 3.63) is 65.5 Å². The van der Waals surface area contributed by atoms with Gasteiger partial charge in [0.05, 0.1) is 12.7 Å². The lowest BCUT2D eigenvalue weighted by molar-refractivity contribution is -0.0257. The van der Waals surface area contributed by atoms with Crippen molar-refractivity contribution in [1.82, 2.24) is 10.2 Å². The average Bonchev–Trinajstić information content (AvgIpc) is 2.69. The Bertz CT molecular complexity index is 789. The Morgan fingerprint density at radius 2 is 1.96 bits per heavy atom. The molecule has 0 radical (unpaired) electrons. The van der Waals surface area contributed by atoms with Crippen molar-refractivity contribution in [3.63, 3.8) is 0 Å². The number of ether oxygens (including phenoxy) is 1. The molecule has 6 heteroatoms. The van der Waals surface area contributed by atoms with Crippen LogP contribution in [0.2, 0.25) is 0 Å². The zero-order valence-electron chi connectivity index (χ0n) is 15.5. The van der Waals surface area contributed by atoms with Crippen LogP contribution < -0.4 is 10.1 Å². The van der Waals surface area contributed by atoms with Gasteiger partial charge in [-0.2, -0.15) is 0 Å². The van der Waals surface area contributed by atoms with Crippen LogP contribution in [0.3, 0.4) is 0 Å². The number of carbonyl (C=O) groups is 1. The Labute approximate surface area is 158 Å². The molecule has 0 spiro atoms. The van der Waals surface area contributed by atoms with Crippen molar-refractivity contribution in [2.75, 3.05) is 33.3 Å². The number of likely N-dealkylation sites (tertiary alicyclic amines) is 1. The van der Waals surface area contributed by atoms with Gasteiger partial charge in [-0.1, -0.05) is 18.2 Å². The zero-order chi connectivity index (χ0) is 19.3. The number of piperidine rings is 1. The molecule has 1 saturated heterocycles. The lowest BCUT2D eigenvalue weighted by Gasteiger charge is -2.38. The summed E-state index contributed by atoms with van der Waals surface area (Å²) in [6.07, 6.45) is 1.08. The van der Waals surface area contributed by atoms with E-state index in [1.807, 2.05) is 0 Å². The minimum atomic E-state index is -0.984. The molecule has 3 rings (SSSR count). The minimum absolute atomic E-state index is 0.137. The summed E-state index contributed by atoms with van der Waals surface area (Å²) < 4.78 is 18.6. The van der Waals surface area contributed by atoms with Gasteiger partial charge < -0.3 is 20.1 Å². The molecule has 1 fully saturated rings. The molecule has 5 nitrogen and oxygen atoms in total. The number of benzene rings is 2. The summed E-state index contributed by atoms with van der Waals surface area (Å²) in [5, 5.41) is 13.7. The van der Waals surface area contributed by atoms with E-state index in [0.717, 1.165) is 0 Å². The molecule has 1 heterocycles. The lowest BCUT2D eigenvalue weighted by atomic mass is 9.84. The monoisotopic (exact) mass is 372 g/mol. The van der Waals surface area contributed by atoms with Gasteiger partial charge in [-0.25, -0.2) is 4.39 Å². The topological polar surface area (TPSA) is 61.8 Å². The second-order valence-electron chi connectivity index (χ2n) is 6.87. The van der Waals surface area contributed by atoms with Crippen molar-refractivity contribution in [1.29, 1.82) is 0 Å². The number of nitrogens with one attached hydrogen (secondary N) is 1. The summed E-state index contributed by atoms with van der Waals surface area (Å²) in [6.45, 7) is 2.62. The smallest absolute Gasteiger partial charge is 0.251 e. The highest BCUT2D eigenvalue weighted by molar-refractivity contribution is 5.94. The third-order valence-corrected chi connectivity index (χ3v) is 5.09. The molecule has 2 aromatic rings. The fraction of sp³-hybridized carbons (Fsp3) is 0.381. The molecule has 27 heavy (non-hydrogen) atoms. The van der Waals surface area contributed by atoms with E-state index in [4.69, 9.17) is 4.74 Å². The number of carbonyl (C=O) groups excluding carboxylic acids is 1. The standard InChI is InChI=1S/C21H25FN2O3/c1-27-19-7-2-4-16(14-19)20(25)23-10-13-24-11-8-21(26,9-12-24)17-5-3-6-18(22)15-17/h2-7,14-15,26H,8-13H2,1H3,(H,23,25). The number of halogens is 1. The van der Waals surface area contributed by atoms with Gasteiger partial charge in [0.15, 0.2) is 0 Å². The van der Waals surface area contributed by atoms with E-state index in [-0.39, 0.29) is 11.7 Å². The van der Waals surface area contributed by atoms with E-state index in [0.29, 0.717) is 55.9 Å². The Morgan fingerprint density at radius 3 is 2.67 bits per heavy atom. The second kappa shape index (κ2) is 8.50. The van der Waals surface area contributed by atoms with Crippen LogP contribution in [0.5, 0.6) is 5.75 Å². The molecule has 0 saturated carbocycles. The van der Waals surface area contributed by atoms with Gasteiger partial charge in [-0.3, -0.25) is 4.79 Å². The Balaban J connectivity index is 1.46. The van der Waals surface area contributed by atoms with Gasteiger partial charge in [0.25, 0.3) is 5.91 Å². The maximum Gasteiger partial charge on any atom is 0.251 e. The molecule has 1 aliphatic heterocycles. The van der Waals surface area contributed by atoms with Crippen LogP contribution >= 0.6 is 0 Å². The SMILES string of the molecule is COc1cccc(C(=O)NCCN2CCC(O)(c3cccc(F)c3)CC2)c1. The predicted octanol–water partition coefficient (Wildman–Crippen LogP) is 2.55. The first-order valence-corrected chi connectivity index (χ1v) is 9.13. The Morgan fingerprint density at radius 1 is 1.22 bits per heavy atom. The van der Waals surface area contributed by atoms with Crippen molar-refractivity contribution >= 4 is 5.91 Å². The number of nitrogens with zero attached hydrogens (tertiary/aromatic N) is 1. The molecule has 2 N–H and O–H groups in total. The third-order valence-electron chi connectivity index (χ3n) is 5.09. The highest BCUT2D eigenvalue weighted by Crippen LogP contribution is 2.32. The van der Waals surface area contributed by atoms with Gasteiger partial charge in [-0.05, 0) is 48.7 Å². The second-order valence-corrected chi connectivity index (χ2v) is 6.87. The summed E-state index contributed by atoms with van der Waals surface area (Å²) in [5.74, 6) is 0.182. The molecule has 0 unspecified atom stereocenters. The van der Waals surface area contributed by atoms with Gasteiger partial charge in [0.1, 0.15) is 11.6 Å². The summed E-state index contributed by atoms with van der Waals surface area (Å²) in [6, 6.07) is 13.2. The Hall–Kier alpha value is -2.44. The first kappa shape index (κ1) is 19.3. The number of rotatable bonds is 6. The van der Waals surface area contributed by atoms with E-state index in [9.17, 15) is 14.3 Å². The maximum atomic E-state index is 13.4. The summed E-state index contributed by atoms with van der Waals surface area (Å²) >= 11 is 0.